The van der Waals surface area contributed by atoms with E-state index in [4.69, 9.17) is 4.74 Å². The third kappa shape index (κ3) is 2.51. The molecule has 0 radical (unpaired) electrons. The van der Waals surface area contributed by atoms with Gasteiger partial charge in [-0.2, -0.15) is 0 Å². The van der Waals surface area contributed by atoms with E-state index in [-0.39, 0.29) is 52.0 Å². The second-order valence-electron chi connectivity index (χ2n) is 11.8. The van der Waals surface area contributed by atoms with Crippen LogP contribution in [0.2, 0.25) is 0 Å². The van der Waals surface area contributed by atoms with Gasteiger partial charge in [0.1, 0.15) is 0 Å². The summed E-state index contributed by atoms with van der Waals surface area (Å²) in [5.74, 6) is 0.932. The van der Waals surface area contributed by atoms with Crippen molar-refractivity contribution < 1.29 is 19.1 Å². The molecule has 1 spiro atoms. The van der Waals surface area contributed by atoms with Crippen LogP contribution in [0.5, 0.6) is 0 Å². The molecule has 0 amide bonds. The number of rotatable bonds is 2. The molecule has 3 fully saturated rings. The van der Waals surface area contributed by atoms with E-state index < -0.39 is 5.41 Å². The van der Waals surface area contributed by atoms with Crippen LogP contribution in [0.4, 0.5) is 0 Å². The summed E-state index contributed by atoms with van der Waals surface area (Å²) < 4.78 is 5.29. The Hall–Kier alpha value is -1.71. The Morgan fingerprint density at radius 1 is 1.06 bits per heavy atom. The van der Waals surface area contributed by atoms with Gasteiger partial charge in [0.2, 0.25) is 0 Å². The zero-order chi connectivity index (χ0) is 22.3. The number of fused-ring (bicyclic) bond motifs is 1. The summed E-state index contributed by atoms with van der Waals surface area (Å²) in [4.78, 5) is 39.3. The van der Waals surface area contributed by atoms with Crippen molar-refractivity contribution in [2.24, 2.45) is 51.8 Å². The molecule has 3 saturated carbocycles. The molecule has 0 saturated heterocycles. The summed E-state index contributed by atoms with van der Waals surface area (Å²) >= 11 is 0. The zero-order valence-corrected chi connectivity index (χ0v) is 19.6. The summed E-state index contributed by atoms with van der Waals surface area (Å²) in [6, 6.07) is 0. The molecular weight excluding hydrogens is 388 g/mol. The van der Waals surface area contributed by atoms with Crippen molar-refractivity contribution in [3.63, 3.8) is 0 Å². The molecule has 0 aromatic carbocycles. The van der Waals surface area contributed by atoms with Crippen molar-refractivity contribution in [3.05, 3.63) is 23.8 Å². The molecule has 6 aliphatic rings. The molecule has 2 bridgehead atoms. The van der Waals surface area contributed by atoms with Crippen LogP contribution in [0, 0.1) is 51.8 Å². The van der Waals surface area contributed by atoms with Gasteiger partial charge in [0.15, 0.2) is 11.6 Å². The fourth-order valence-corrected chi connectivity index (χ4v) is 9.27. The van der Waals surface area contributed by atoms with Gasteiger partial charge in [0, 0.05) is 17.3 Å². The van der Waals surface area contributed by atoms with Gasteiger partial charge in [-0.1, -0.05) is 38.8 Å². The van der Waals surface area contributed by atoms with Gasteiger partial charge in [-0.05, 0) is 80.3 Å². The highest BCUT2D eigenvalue weighted by Gasteiger charge is 2.70. The van der Waals surface area contributed by atoms with Crippen molar-refractivity contribution in [1.82, 2.24) is 0 Å². The van der Waals surface area contributed by atoms with Gasteiger partial charge < -0.3 is 4.74 Å². The van der Waals surface area contributed by atoms with E-state index in [2.05, 4.69) is 33.8 Å². The van der Waals surface area contributed by atoms with Gasteiger partial charge in [0.25, 0.3) is 0 Å². The van der Waals surface area contributed by atoms with Gasteiger partial charge in [-0.25, -0.2) is 0 Å². The number of carbonyl (C=O) groups excluding carboxylic acids is 3. The highest BCUT2D eigenvalue weighted by Crippen LogP contribution is 2.74. The molecule has 6 rings (SSSR count). The smallest absolute Gasteiger partial charge is 0.311 e. The van der Waals surface area contributed by atoms with E-state index in [1.807, 2.05) is 0 Å². The summed E-state index contributed by atoms with van der Waals surface area (Å²) in [5, 5.41) is 0. The second-order valence-corrected chi connectivity index (χ2v) is 11.8. The SMILES string of the molecule is COC(=O)[C@]1(C)CCC[C@]2(C)[C@@H]3C[C@@H]4C(C(C)C)=C[C@]3(CC[C@@H]21)[C@@H]1C(=O)C=CC(=O)[C@H]41. The first-order valence-electron chi connectivity index (χ1n) is 12.2. The number of ether oxygens (including phenoxy) is 1. The molecule has 8 atom stereocenters. The zero-order valence-electron chi connectivity index (χ0n) is 19.6. The normalized spacial score (nSPS) is 48.1. The van der Waals surface area contributed by atoms with Crippen molar-refractivity contribution >= 4 is 17.5 Å². The van der Waals surface area contributed by atoms with Crippen molar-refractivity contribution in [2.75, 3.05) is 7.11 Å². The topological polar surface area (TPSA) is 60.4 Å². The van der Waals surface area contributed by atoms with E-state index in [1.165, 1.54) is 18.8 Å². The van der Waals surface area contributed by atoms with Crippen molar-refractivity contribution in [1.29, 1.82) is 0 Å². The van der Waals surface area contributed by atoms with Crippen LogP contribution in [-0.4, -0.2) is 24.6 Å². The molecule has 0 N–H and O–H groups in total. The molecule has 0 unspecified atom stereocenters. The summed E-state index contributed by atoms with van der Waals surface area (Å²) in [5.41, 5.74) is 0.654. The lowest BCUT2D eigenvalue weighted by atomic mass is 9.33. The fourth-order valence-electron chi connectivity index (χ4n) is 9.27. The van der Waals surface area contributed by atoms with Gasteiger partial charge >= 0.3 is 5.97 Å². The van der Waals surface area contributed by atoms with Crippen LogP contribution in [0.25, 0.3) is 0 Å². The Kier molecular flexibility index (Phi) is 4.54. The Bertz CT molecular complexity index is 912. The van der Waals surface area contributed by atoms with Gasteiger partial charge in [-0.15, -0.1) is 0 Å². The minimum Gasteiger partial charge on any atom is -0.469 e. The molecule has 168 valence electrons. The average molecular weight is 425 g/mol. The van der Waals surface area contributed by atoms with Crippen LogP contribution < -0.4 is 0 Å². The third-order valence-electron chi connectivity index (χ3n) is 10.4. The molecule has 0 aromatic rings. The van der Waals surface area contributed by atoms with Crippen LogP contribution >= 0.6 is 0 Å². The summed E-state index contributed by atoms with van der Waals surface area (Å²) in [6.07, 6.45) is 11.3. The molecule has 6 aliphatic carbocycles. The Morgan fingerprint density at radius 3 is 2.45 bits per heavy atom. The predicted octanol–water partition coefficient (Wildman–Crippen LogP) is 4.92. The molecular formula is C27H36O4. The monoisotopic (exact) mass is 424 g/mol. The Balaban J connectivity index is 1.66. The van der Waals surface area contributed by atoms with Crippen molar-refractivity contribution in [3.8, 4) is 0 Å². The first-order valence-corrected chi connectivity index (χ1v) is 12.2. The fraction of sp³-hybridized carbons (Fsp3) is 0.741. The molecule has 0 aliphatic heterocycles. The van der Waals surface area contributed by atoms with Crippen LogP contribution in [0.15, 0.2) is 23.8 Å². The molecule has 31 heavy (non-hydrogen) atoms. The average Bonchev–Trinajstić information content (AvgIpc) is 2.74. The standard InChI is InChI=1S/C27H36O4/c1-15(2)17-14-27-12-9-20-25(3,10-6-11-26(20,4)24(30)31-5)21(27)13-16(17)22-18(28)7-8-19(29)23(22)27/h7-8,14-16,20-23H,6,9-13H2,1-5H3/t16-,20+,21+,22+,23-,25+,26-,27+/m1/s1. The van der Waals surface area contributed by atoms with E-state index >= 15 is 0 Å². The quantitative estimate of drug-likeness (QED) is 0.466. The maximum Gasteiger partial charge on any atom is 0.311 e. The van der Waals surface area contributed by atoms with E-state index in [9.17, 15) is 14.4 Å². The van der Waals surface area contributed by atoms with E-state index in [0.29, 0.717) is 11.8 Å². The third-order valence-corrected chi connectivity index (χ3v) is 10.4. The number of carbonyl (C=O) groups is 3. The minimum atomic E-state index is -0.462. The predicted molar refractivity (Wildman–Crippen MR) is 118 cm³/mol. The maximum atomic E-state index is 13.3. The molecule has 0 aromatic heterocycles. The second kappa shape index (κ2) is 6.65. The molecule has 0 heterocycles. The lowest BCUT2D eigenvalue weighted by molar-refractivity contribution is -0.199. The lowest BCUT2D eigenvalue weighted by Crippen LogP contribution is -2.66. The summed E-state index contributed by atoms with van der Waals surface area (Å²) in [7, 11) is 1.51. The number of hydrogen-bond acceptors (Lipinski definition) is 4. The number of methoxy groups -OCH3 is 1. The highest BCUT2D eigenvalue weighted by atomic mass is 16.5. The van der Waals surface area contributed by atoms with Gasteiger partial charge in [-0.3, -0.25) is 14.4 Å². The molecule has 4 nitrogen and oxygen atoms in total. The Labute approximate surface area is 185 Å². The van der Waals surface area contributed by atoms with E-state index in [1.54, 1.807) is 6.08 Å². The van der Waals surface area contributed by atoms with Crippen LogP contribution in [0.1, 0.15) is 66.2 Å². The maximum absolute atomic E-state index is 13.3. The number of allylic oxidation sites excluding steroid dienone is 4. The summed E-state index contributed by atoms with van der Waals surface area (Å²) in [6.45, 7) is 8.93. The van der Waals surface area contributed by atoms with E-state index in [0.717, 1.165) is 38.5 Å². The number of hydrogen-bond donors (Lipinski definition) is 0. The minimum absolute atomic E-state index is 0.0217. The lowest BCUT2D eigenvalue weighted by Gasteiger charge is -2.69. The number of ketones is 2. The van der Waals surface area contributed by atoms with Crippen molar-refractivity contribution in [2.45, 2.75) is 66.2 Å². The van der Waals surface area contributed by atoms with Crippen LogP contribution in [0.3, 0.4) is 0 Å². The highest BCUT2D eigenvalue weighted by molar-refractivity contribution is 6.08. The first kappa shape index (κ1) is 21.2. The molecule has 4 heteroatoms. The number of esters is 1. The van der Waals surface area contributed by atoms with Gasteiger partial charge in [0.05, 0.1) is 12.5 Å². The first-order chi connectivity index (χ1) is 14.6. The Morgan fingerprint density at radius 2 is 1.77 bits per heavy atom. The largest absolute Gasteiger partial charge is 0.469 e. The van der Waals surface area contributed by atoms with Crippen LogP contribution in [-0.2, 0) is 19.1 Å².